The first-order chi connectivity index (χ1) is 4.77. The number of β-lactam (4-membered cyclic amide) rings is 1. The minimum Gasteiger partial charge on any atom is -0.326 e. The van der Waals surface area contributed by atoms with E-state index in [9.17, 15) is 4.79 Å². The van der Waals surface area contributed by atoms with Gasteiger partial charge in [0.1, 0.15) is 0 Å². The molecule has 0 unspecified atom stereocenters. The average molecular weight is 155 g/mol. The van der Waals surface area contributed by atoms with Crippen LogP contribution >= 0.6 is 11.8 Å². The normalized spacial score (nSPS) is 30.9. The zero-order valence-corrected chi connectivity index (χ0v) is 6.65. The molecule has 0 bridgehead atoms. The van der Waals surface area contributed by atoms with Crippen molar-refractivity contribution in [3.63, 3.8) is 0 Å². The Hall–Kier alpha value is -0.440. The number of fused-ring (bicyclic) bond motifs is 1. The molecule has 0 radical (unpaired) electrons. The van der Waals surface area contributed by atoms with Crippen molar-refractivity contribution < 1.29 is 4.79 Å². The van der Waals surface area contributed by atoms with Gasteiger partial charge in [0.2, 0.25) is 5.91 Å². The van der Waals surface area contributed by atoms with E-state index in [0.29, 0.717) is 11.3 Å². The zero-order valence-electron chi connectivity index (χ0n) is 5.83. The van der Waals surface area contributed by atoms with Crippen LogP contribution in [0.4, 0.5) is 0 Å². The number of hydrogen-bond donors (Lipinski definition) is 0. The van der Waals surface area contributed by atoms with E-state index < -0.39 is 0 Å². The smallest absolute Gasteiger partial charge is 0.226 e. The lowest BCUT2D eigenvalue weighted by Crippen LogP contribution is -2.52. The highest BCUT2D eigenvalue weighted by Gasteiger charge is 2.37. The first-order valence-corrected chi connectivity index (χ1v) is 4.32. The molecular formula is C7H9NOS. The van der Waals surface area contributed by atoms with Gasteiger partial charge < -0.3 is 4.90 Å². The van der Waals surface area contributed by atoms with Gasteiger partial charge in [0, 0.05) is 6.54 Å². The Balaban J connectivity index is 2.13. The number of nitrogens with zero attached hydrogens (tertiary/aromatic N) is 1. The molecule has 1 saturated heterocycles. The summed E-state index contributed by atoms with van der Waals surface area (Å²) in [5.41, 5.74) is 1.30. The Labute approximate surface area is 64.3 Å². The van der Waals surface area contributed by atoms with Gasteiger partial charge in [-0.3, -0.25) is 4.79 Å². The summed E-state index contributed by atoms with van der Waals surface area (Å²) in [6, 6.07) is 0. The van der Waals surface area contributed by atoms with Crippen molar-refractivity contribution >= 4 is 17.7 Å². The number of carbonyl (C=O) groups is 1. The van der Waals surface area contributed by atoms with E-state index in [0.717, 1.165) is 13.0 Å². The molecule has 2 heterocycles. The molecule has 2 rings (SSSR count). The standard InChI is InChI=1S/C7H9NOS/c1-5-3-8-6(9)2-7(8)10-4-5/h4,7H,2-3H2,1H3/t7-/m0/s1. The van der Waals surface area contributed by atoms with E-state index in [1.165, 1.54) is 5.57 Å². The first kappa shape index (κ1) is 6.28. The highest BCUT2D eigenvalue weighted by molar-refractivity contribution is 8.02. The van der Waals surface area contributed by atoms with Crippen LogP contribution in [0, 0.1) is 0 Å². The lowest BCUT2D eigenvalue weighted by molar-refractivity contribution is -0.140. The van der Waals surface area contributed by atoms with Gasteiger partial charge in [-0.1, -0.05) is 0 Å². The molecule has 0 saturated carbocycles. The summed E-state index contributed by atoms with van der Waals surface area (Å²) < 4.78 is 0. The Morgan fingerprint density at radius 2 is 2.60 bits per heavy atom. The van der Waals surface area contributed by atoms with Crippen molar-refractivity contribution in [1.82, 2.24) is 4.90 Å². The van der Waals surface area contributed by atoms with Gasteiger partial charge >= 0.3 is 0 Å². The Kier molecular flexibility index (Phi) is 1.27. The second-order valence-corrected chi connectivity index (χ2v) is 3.83. The number of thioether (sulfide) groups is 1. The van der Waals surface area contributed by atoms with Gasteiger partial charge in [-0.2, -0.15) is 0 Å². The lowest BCUT2D eigenvalue weighted by atomic mass is 10.1. The molecule has 1 atom stereocenters. The molecule has 0 spiro atoms. The molecule has 2 nitrogen and oxygen atoms in total. The third kappa shape index (κ3) is 0.770. The number of carbonyl (C=O) groups excluding carboxylic acids is 1. The maximum Gasteiger partial charge on any atom is 0.226 e. The van der Waals surface area contributed by atoms with Crippen LogP contribution in [0.5, 0.6) is 0 Å². The topological polar surface area (TPSA) is 20.3 Å². The maximum atomic E-state index is 10.9. The van der Waals surface area contributed by atoms with Gasteiger partial charge in [-0.25, -0.2) is 0 Å². The van der Waals surface area contributed by atoms with Crippen molar-refractivity contribution in [2.24, 2.45) is 0 Å². The molecule has 0 N–H and O–H groups in total. The molecule has 0 aliphatic carbocycles. The van der Waals surface area contributed by atoms with Crippen molar-refractivity contribution in [3.05, 3.63) is 11.0 Å². The van der Waals surface area contributed by atoms with Crippen LogP contribution in [0.15, 0.2) is 11.0 Å². The van der Waals surface area contributed by atoms with E-state index >= 15 is 0 Å². The third-order valence-electron chi connectivity index (χ3n) is 1.86. The molecule has 1 fully saturated rings. The van der Waals surface area contributed by atoms with Crippen LogP contribution in [-0.4, -0.2) is 22.7 Å². The summed E-state index contributed by atoms with van der Waals surface area (Å²) in [5.74, 6) is 0.310. The van der Waals surface area contributed by atoms with E-state index in [-0.39, 0.29) is 0 Å². The van der Waals surface area contributed by atoms with Crippen molar-refractivity contribution in [1.29, 1.82) is 0 Å². The number of rotatable bonds is 0. The summed E-state index contributed by atoms with van der Waals surface area (Å²) in [4.78, 5) is 12.8. The molecule has 54 valence electrons. The van der Waals surface area contributed by atoms with Crippen LogP contribution in [0.2, 0.25) is 0 Å². The highest BCUT2D eigenvalue weighted by atomic mass is 32.2. The van der Waals surface area contributed by atoms with Gasteiger partial charge in [0.15, 0.2) is 0 Å². The van der Waals surface area contributed by atoms with Crippen LogP contribution < -0.4 is 0 Å². The first-order valence-electron chi connectivity index (χ1n) is 3.38. The van der Waals surface area contributed by atoms with E-state index in [2.05, 4.69) is 12.3 Å². The summed E-state index contributed by atoms with van der Waals surface area (Å²) >= 11 is 1.77. The summed E-state index contributed by atoms with van der Waals surface area (Å²) in [6.45, 7) is 2.92. The van der Waals surface area contributed by atoms with Gasteiger partial charge in [0.05, 0.1) is 11.8 Å². The van der Waals surface area contributed by atoms with E-state index in [4.69, 9.17) is 0 Å². The lowest BCUT2D eigenvalue weighted by Gasteiger charge is -2.42. The minimum atomic E-state index is 0.310. The molecule has 2 aliphatic rings. The Morgan fingerprint density at radius 1 is 1.80 bits per heavy atom. The average Bonchev–Trinajstić information content (AvgIpc) is 1.92. The fourth-order valence-corrected chi connectivity index (χ4v) is 2.28. The SMILES string of the molecule is CC1=CS[C@H]2CC(=O)N2C1. The van der Waals surface area contributed by atoms with Gasteiger partial charge in [-0.15, -0.1) is 11.8 Å². The van der Waals surface area contributed by atoms with E-state index in [1.54, 1.807) is 11.8 Å². The largest absolute Gasteiger partial charge is 0.326 e. The number of hydrogen-bond acceptors (Lipinski definition) is 2. The van der Waals surface area contributed by atoms with Crippen LogP contribution in [-0.2, 0) is 4.79 Å². The zero-order chi connectivity index (χ0) is 7.14. The summed E-state index contributed by atoms with van der Waals surface area (Å²) in [7, 11) is 0. The highest BCUT2D eigenvalue weighted by Crippen LogP contribution is 2.35. The van der Waals surface area contributed by atoms with Crippen LogP contribution in [0.3, 0.4) is 0 Å². The van der Waals surface area contributed by atoms with Crippen molar-refractivity contribution in [2.75, 3.05) is 6.54 Å². The molecule has 1 amide bonds. The molecule has 0 aromatic rings. The van der Waals surface area contributed by atoms with E-state index in [1.807, 2.05) is 4.90 Å². The summed E-state index contributed by atoms with van der Waals surface area (Å²) in [6.07, 6.45) is 0.744. The van der Waals surface area contributed by atoms with Crippen LogP contribution in [0.1, 0.15) is 13.3 Å². The molecular weight excluding hydrogens is 146 g/mol. The van der Waals surface area contributed by atoms with Crippen LogP contribution in [0.25, 0.3) is 0 Å². The fourth-order valence-electron chi connectivity index (χ4n) is 1.24. The molecule has 10 heavy (non-hydrogen) atoms. The Bertz CT molecular complexity index is 212. The second-order valence-electron chi connectivity index (χ2n) is 2.78. The van der Waals surface area contributed by atoms with Crippen molar-refractivity contribution in [2.45, 2.75) is 18.7 Å². The molecule has 0 aromatic heterocycles. The monoisotopic (exact) mass is 155 g/mol. The molecule has 0 aromatic carbocycles. The molecule has 3 heteroatoms. The van der Waals surface area contributed by atoms with Gasteiger partial charge in [-0.05, 0) is 17.9 Å². The fraction of sp³-hybridized carbons (Fsp3) is 0.571. The quantitative estimate of drug-likeness (QED) is 0.490. The van der Waals surface area contributed by atoms with Crippen molar-refractivity contribution in [3.8, 4) is 0 Å². The number of amides is 1. The van der Waals surface area contributed by atoms with Gasteiger partial charge in [0.25, 0.3) is 0 Å². The third-order valence-corrected chi connectivity index (χ3v) is 3.14. The molecule has 2 aliphatic heterocycles. The second kappa shape index (κ2) is 2.02. The predicted molar refractivity (Wildman–Crippen MR) is 41.5 cm³/mol. The summed E-state index contributed by atoms with van der Waals surface area (Å²) in [5, 5.41) is 2.63. The predicted octanol–water partition coefficient (Wildman–Crippen LogP) is 1.20. The minimum absolute atomic E-state index is 0.310. The Morgan fingerprint density at radius 3 is 3.20 bits per heavy atom. The maximum absolute atomic E-state index is 10.9.